The first-order valence-electron chi connectivity index (χ1n) is 9.09. The number of halogens is 2. The molecule has 2 aromatic carbocycles. The lowest BCUT2D eigenvalue weighted by molar-refractivity contribution is 0.308. The van der Waals surface area contributed by atoms with Gasteiger partial charge in [-0.1, -0.05) is 47.5 Å². The molecule has 3 nitrogen and oxygen atoms in total. The third kappa shape index (κ3) is 3.73. The predicted molar refractivity (Wildman–Crippen MR) is 116 cm³/mol. The highest BCUT2D eigenvalue weighted by atomic mass is 35.5. The molecular formula is C23H20Cl2N2O. The Balaban J connectivity index is 1.71. The van der Waals surface area contributed by atoms with Crippen molar-refractivity contribution in [2.24, 2.45) is 0 Å². The minimum Gasteiger partial charge on any atom is -0.487 e. The number of benzene rings is 2. The van der Waals surface area contributed by atoms with Gasteiger partial charge in [-0.25, -0.2) is 0 Å². The summed E-state index contributed by atoms with van der Waals surface area (Å²) in [5.74, 6) is 0.824. The van der Waals surface area contributed by atoms with E-state index in [-0.39, 0.29) is 0 Å². The highest BCUT2D eigenvalue weighted by molar-refractivity contribution is 6.30. The number of hydrogen-bond acceptors (Lipinski definition) is 2. The molecule has 0 spiro atoms. The van der Waals surface area contributed by atoms with Crippen molar-refractivity contribution in [2.75, 3.05) is 0 Å². The first kappa shape index (κ1) is 18.9. The van der Waals surface area contributed by atoms with Crippen LogP contribution in [-0.4, -0.2) is 9.55 Å². The molecule has 0 aliphatic heterocycles. The summed E-state index contributed by atoms with van der Waals surface area (Å²) in [5.41, 5.74) is 6.58. The maximum absolute atomic E-state index is 6.19. The second-order valence-electron chi connectivity index (χ2n) is 6.84. The fourth-order valence-corrected chi connectivity index (χ4v) is 3.59. The van der Waals surface area contributed by atoms with E-state index in [1.54, 1.807) is 6.20 Å². The lowest BCUT2D eigenvalue weighted by Gasteiger charge is -2.13. The fraction of sp³-hybridized carbons (Fsp3) is 0.174. The van der Waals surface area contributed by atoms with E-state index < -0.39 is 0 Å². The highest BCUT2D eigenvalue weighted by Gasteiger charge is 2.17. The van der Waals surface area contributed by atoms with Crippen LogP contribution in [0.25, 0.3) is 11.0 Å². The number of rotatable bonds is 5. The molecule has 0 aliphatic carbocycles. The number of aromatic nitrogens is 2. The summed E-state index contributed by atoms with van der Waals surface area (Å²) < 4.78 is 8.45. The molecular weight excluding hydrogens is 391 g/mol. The molecule has 2 aromatic heterocycles. The average Bonchev–Trinajstić information content (AvgIpc) is 2.95. The number of fused-ring (bicyclic) bond motifs is 1. The van der Waals surface area contributed by atoms with Crippen LogP contribution in [0.1, 0.15) is 22.4 Å². The van der Waals surface area contributed by atoms with E-state index in [4.69, 9.17) is 27.9 Å². The van der Waals surface area contributed by atoms with Crippen molar-refractivity contribution < 1.29 is 4.74 Å². The summed E-state index contributed by atoms with van der Waals surface area (Å²) in [6.45, 7) is 5.43. The van der Waals surface area contributed by atoms with Crippen molar-refractivity contribution in [2.45, 2.75) is 27.0 Å². The molecule has 0 saturated heterocycles. The highest BCUT2D eigenvalue weighted by Crippen LogP contribution is 2.32. The molecule has 0 amide bonds. The van der Waals surface area contributed by atoms with Crippen molar-refractivity contribution in [3.8, 4) is 5.75 Å². The lowest BCUT2D eigenvalue weighted by Crippen LogP contribution is -2.04. The normalized spacial score (nSPS) is 11.1. The van der Waals surface area contributed by atoms with Crippen molar-refractivity contribution >= 4 is 34.2 Å². The van der Waals surface area contributed by atoms with Crippen LogP contribution in [0.5, 0.6) is 5.75 Å². The third-order valence-corrected chi connectivity index (χ3v) is 5.53. The molecule has 0 radical (unpaired) electrons. The molecule has 0 saturated carbocycles. The number of nitrogens with zero attached hydrogens (tertiary/aromatic N) is 2. The second-order valence-corrected chi connectivity index (χ2v) is 7.72. The molecule has 4 rings (SSSR count). The molecule has 4 aromatic rings. The van der Waals surface area contributed by atoms with Gasteiger partial charge in [-0.05, 0) is 54.8 Å². The number of pyridine rings is 1. The smallest absolute Gasteiger partial charge is 0.147 e. The Labute approximate surface area is 174 Å². The summed E-state index contributed by atoms with van der Waals surface area (Å²) in [6.07, 6.45) is 1.80. The van der Waals surface area contributed by atoms with Gasteiger partial charge in [0.2, 0.25) is 0 Å². The fourth-order valence-electron chi connectivity index (χ4n) is 3.34. The first-order valence-corrected chi connectivity index (χ1v) is 9.84. The zero-order valence-corrected chi connectivity index (χ0v) is 17.3. The molecule has 0 bridgehead atoms. The topological polar surface area (TPSA) is 27.1 Å². The molecule has 142 valence electrons. The molecule has 0 aliphatic rings. The molecule has 2 heterocycles. The van der Waals surface area contributed by atoms with Gasteiger partial charge in [0.05, 0.1) is 5.52 Å². The zero-order chi connectivity index (χ0) is 19.7. The lowest BCUT2D eigenvalue weighted by atomic mass is 10.2. The Hall–Kier alpha value is -2.49. The van der Waals surface area contributed by atoms with E-state index in [2.05, 4.69) is 23.4 Å². The van der Waals surface area contributed by atoms with Gasteiger partial charge in [0, 0.05) is 34.5 Å². The van der Waals surface area contributed by atoms with Crippen molar-refractivity contribution in [3.05, 3.63) is 93.2 Å². The molecule has 28 heavy (non-hydrogen) atoms. The van der Waals surface area contributed by atoms with Gasteiger partial charge in [-0.2, -0.15) is 0 Å². The Morgan fingerprint density at radius 3 is 2.11 bits per heavy atom. The molecule has 0 fully saturated rings. The van der Waals surface area contributed by atoms with E-state index in [0.29, 0.717) is 6.61 Å². The monoisotopic (exact) mass is 410 g/mol. The summed E-state index contributed by atoms with van der Waals surface area (Å²) in [4.78, 5) is 4.61. The van der Waals surface area contributed by atoms with Crippen LogP contribution in [-0.2, 0) is 13.2 Å². The number of aryl methyl sites for hydroxylation is 1. The summed E-state index contributed by atoms with van der Waals surface area (Å²) in [6, 6.07) is 17.6. The minimum absolute atomic E-state index is 0.473. The molecule has 0 N–H and O–H groups in total. The van der Waals surface area contributed by atoms with Gasteiger partial charge in [0.25, 0.3) is 0 Å². The SMILES string of the molecule is Cc1c(C)n(Cc2ccc(Cl)cc2)c2c(OCc3ccc(Cl)cc3)ccnc12. The second kappa shape index (κ2) is 7.86. The quantitative estimate of drug-likeness (QED) is 0.371. The van der Waals surface area contributed by atoms with Crippen molar-refractivity contribution in [1.29, 1.82) is 0 Å². The van der Waals surface area contributed by atoms with E-state index in [0.717, 1.165) is 38.9 Å². The summed E-state index contributed by atoms with van der Waals surface area (Å²) >= 11 is 12.0. The zero-order valence-electron chi connectivity index (χ0n) is 15.7. The Morgan fingerprint density at radius 1 is 0.857 bits per heavy atom. The van der Waals surface area contributed by atoms with Gasteiger partial charge in [0.1, 0.15) is 17.9 Å². The van der Waals surface area contributed by atoms with Crippen LogP contribution in [0.15, 0.2) is 60.8 Å². The van der Waals surface area contributed by atoms with Crippen molar-refractivity contribution in [1.82, 2.24) is 9.55 Å². The molecule has 0 unspecified atom stereocenters. The minimum atomic E-state index is 0.473. The van der Waals surface area contributed by atoms with Gasteiger partial charge in [-0.15, -0.1) is 0 Å². The number of hydrogen-bond donors (Lipinski definition) is 0. The maximum atomic E-state index is 6.19. The van der Waals surface area contributed by atoms with E-state index >= 15 is 0 Å². The van der Waals surface area contributed by atoms with Gasteiger partial charge < -0.3 is 9.30 Å². The Bertz CT molecular complexity index is 1120. The maximum Gasteiger partial charge on any atom is 0.147 e. The number of ether oxygens (including phenoxy) is 1. The van der Waals surface area contributed by atoms with Gasteiger partial charge >= 0.3 is 0 Å². The van der Waals surface area contributed by atoms with Crippen LogP contribution in [0.4, 0.5) is 0 Å². The van der Waals surface area contributed by atoms with E-state index in [1.165, 1.54) is 16.8 Å². The van der Waals surface area contributed by atoms with E-state index in [9.17, 15) is 0 Å². The standard InChI is InChI=1S/C23H20Cl2N2O/c1-15-16(2)27(13-17-3-7-19(24)8-4-17)23-21(11-12-26-22(15)23)28-14-18-5-9-20(25)10-6-18/h3-12H,13-14H2,1-2H3. The van der Waals surface area contributed by atoms with Crippen LogP contribution in [0.2, 0.25) is 10.0 Å². The van der Waals surface area contributed by atoms with Gasteiger partial charge in [-0.3, -0.25) is 4.98 Å². The predicted octanol–water partition coefficient (Wildman–Crippen LogP) is 6.59. The Morgan fingerprint density at radius 2 is 1.46 bits per heavy atom. The third-order valence-electron chi connectivity index (χ3n) is 5.02. The summed E-state index contributed by atoms with van der Waals surface area (Å²) in [5, 5.41) is 1.46. The first-order chi connectivity index (χ1) is 13.5. The van der Waals surface area contributed by atoms with Crippen LogP contribution >= 0.6 is 23.2 Å². The molecule has 5 heteroatoms. The van der Waals surface area contributed by atoms with Crippen molar-refractivity contribution in [3.63, 3.8) is 0 Å². The summed E-state index contributed by atoms with van der Waals surface area (Å²) in [7, 11) is 0. The van der Waals surface area contributed by atoms with Crippen LogP contribution in [0, 0.1) is 13.8 Å². The van der Waals surface area contributed by atoms with Gasteiger partial charge in [0.15, 0.2) is 0 Å². The van der Waals surface area contributed by atoms with Crippen LogP contribution < -0.4 is 4.74 Å². The average molecular weight is 411 g/mol. The Kier molecular flexibility index (Phi) is 5.29. The largest absolute Gasteiger partial charge is 0.487 e. The van der Waals surface area contributed by atoms with E-state index in [1.807, 2.05) is 54.6 Å². The van der Waals surface area contributed by atoms with Crippen LogP contribution in [0.3, 0.4) is 0 Å². The molecule has 0 atom stereocenters.